The van der Waals surface area contributed by atoms with E-state index in [0.29, 0.717) is 5.69 Å². The molecule has 1 heterocycles. The van der Waals surface area contributed by atoms with Gasteiger partial charge in [0.15, 0.2) is 12.3 Å². The van der Waals surface area contributed by atoms with E-state index in [2.05, 4.69) is 19.7 Å². The second-order valence-electron chi connectivity index (χ2n) is 2.81. The zero-order valence-corrected chi connectivity index (χ0v) is 7.33. The highest BCUT2D eigenvalue weighted by molar-refractivity contribution is 5.17. The first-order chi connectivity index (χ1) is 6.11. The van der Waals surface area contributed by atoms with E-state index < -0.39 is 13.0 Å². The molecule has 0 spiro atoms. The summed E-state index contributed by atoms with van der Waals surface area (Å²) in [4.78, 5) is 0. The van der Waals surface area contributed by atoms with Crippen LogP contribution in [0.15, 0.2) is 4.63 Å². The molecule has 4 nitrogen and oxygen atoms in total. The van der Waals surface area contributed by atoms with Crippen LogP contribution in [0.4, 0.5) is 8.78 Å². The third-order valence-electron chi connectivity index (χ3n) is 1.37. The van der Waals surface area contributed by atoms with Gasteiger partial charge in [0.05, 0.1) is 0 Å². The molecule has 0 saturated heterocycles. The van der Waals surface area contributed by atoms with Crippen LogP contribution in [0.25, 0.3) is 0 Å². The van der Waals surface area contributed by atoms with Crippen molar-refractivity contribution >= 4 is 0 Å². The third kappa shape index (κ3) is 2.64. The predicted octanol–water partition coefficient (Wildman–Crippen LogP) is 1.84. The minimum absolute atomic E-state index is 0.0407. The summed E-state index contributed by atoms with van der Waals surface area (Å²) in [6, 6.07) is 0. The maximum absolute atomic E-state index is 11.8. The van der Waals surface area contributed by atoms with Gasteiger partial charge in [-0.05, 0) is 5.16 Å². The molecular formula is C7H10F2N2O2. The fourth-order valence-corrected chi connectivity index (χ4v) is 0.782. The van der Waals surface area contributed by atoms with Gasteiger partial charge < -0.3 is 4.74 Å². The first-order valence-electron chi connectivity index (χ1n) is 3.84. The van der Waals surface area contributed by atoms with Gasteiger partial charge in [0.25, 0.3) is 12.3 Å². The molecule has 0 aromatic carbocycles. The number of hydrogen-bond donors (Lipinski definition) is 0. The number of aromatic nitrogens is 2. The predicted molar refractivity (Wildman–Crippen MR) is 39.9 cm³/mol. The molecule has 1 aromatic heterocycles. The third-order valence-corrected chi connectivity index (χ3v) is 1.37. The Bertz CT molecular complexity index is 263. The van der Waals surface area contributed by atoms with Crippen LogP contribution in [0.3, 0.4) is 0 Å². The molecule has 0 aliphatic heterocycles. The van der Waals surface area contributed by atoms with Crippen molar-refractivity contribution in [1.82, 2.24) is 10.3 Å². The molecule has 0 bridgehead atoms. The van der Waals surface area contributed by atoms with Gasteiger partial charge in [-0.3, -0.25) is 0 Å². The van der Waals surface area contributed by atoms with E-state index in [1.807, 2.05) is 13.8 Å². The summed E-state index contributed by atoms with van der Waals surface area (Å²) in [5.74, 6) is 0.0919. The van der Waals surface area contributed by atoms with Crippen molar-refractivity contribution in [3.8, 4) is 5.88 Å². The number of ether oxygens (including phenoxy) is 1. The Labute approximate surface area is 73.8 Å². The molecule has 1 rings (SSSR count). The van der Waals surface area contributed by atoms with Crippen LogP contribution in [-0.2, 0) is 0 Å². The van der Waals surface area contributed by atoms with Crippen LogP contribution in [-0.4, -0.2) is 23.3 Å². The van der Waals surface area contributed by atoms with Crippen LogP contribution in [0.5, 0.6) is 5.88 Å². The standard InChI is InChI=1S/C7H10F2N2O2/c1-4(2)6-7(11-13-10-6)12-3-5(8)9/h4-5H,3H2,1-2H3. The molecule has 0 atom stereocenters. The van der Waals surface area contributed by atoms with Crippen LogP contribution in [0, 0.1) is 0 Å². The quantitative estimate of drug-likeness (QED) is 0.730. The van der Waals surface area contributed by atoms with Crippen molar-refractivity contribution in [3.05, 3.63) is 5.69 Å². The van der Waals surface area contributed by atoms with Crippen LogP contribution in [0.1, 0.15) is 25.5 Å². The lowest BCUT2D eigenvalue weighted by Gasteiger charge is -2.03. The monoisotopic (exact) mass is 192 g/mol. The lowest BCUT2D eigenvalue weighted by Crippen LogP contribution is -2.08. The van der Waals surface area contributed by atoms with Crippen molar-refractivity contribution in [1.29, 1.82) is 0 Å². The Morgan fingerprint density at radius 3 is 2.62 bits per heavy atom. The zero-order valence-electron chi connectivity index (χ0n) is 7.33. The Balaban J connectivity index is 2.60. The maximum atomic E-state index is 11.8. The molecular weight excluding hydrogens is 182 g/mol. The average molecular weight is 192 g/mol. The normalized spacial score (nSPS) is 11.2. The summed E-state index contributed by atoms with van der Waals surface area (Å²) >= 11 is 0. The van der Waals surface area contributed by atoms with Crippen molar-refractivity contribution in [2.75, 3.05) is 6.61 Å². The van der Waals surface area contributed by atoms with Gasteiger partial charge in [-0.2, -0.15) is 0 Å². The van der Waals surface area contributed by atoms with Crippen molar-refractivity contribution < 1.29 is 18.1 Å². The zero-order chi connectivity index (χ0) is 9.84. The lowest BCUT2D eigenvalue weighted by molar-refractivity contribution is 0.0769. The largest absolute Gasteiger partial charge is 0.468 e. The van der Waals surface area contributed by atoms with Crippen molar-refractivity contribution in [3.63, 3.8) is 0 Å². The van der Waals surface area contributed by atoms with E-state index in [-0.39, 0.29) is 11.8 Å². The molecule has 0 radical (unpaired) electrons. The Morgan fingerprint density at radius 1 is 1.38 bits per heavy atom. The molecule has 0 aliphatic carbocycles. The Kier molecular flexibility index (Phi) is 3.16. The van der Waals surface area contributed by atoms with Crippen LogP contribution < -0.4 is 4.74 Å². The number of alkyl halides is 2. The molecule has 1 aromatic rings. The van der Waals surface area contributed by atoms with Gasteiger partial charge in [-0.15, -0.1) is 0 Å². The highest BCUT2D eigenvalue weighted by Crippen LogP contribution is 2.21. The van der Waals surface area contributed by atoms with Gasteiger partial charge in [0.2, 0.25) is 0 Å². The van der Waals surface area contributed by atoms with Gasteiger partial charge in [0, 0.05) is 5.92 Å². The second kappa shape index (κ2) is 4.15. The molecule has 74 valence electrons. The number of hydrogen-bond acceptors (Lipinski definition) is 4. The molecule has 0 fully saturated rings. The molecule has 0 saturated carbocycles. The molecule has 0 N–H and O–H groups in total. The summed E-state index contributed by atoms with van der Waals surface area (Å²) in [5, 5.41) is 6.91. The number of halogens is 2. The first-order valence-corrected chi connectivity index (χ1v) is 3.84. The Hall–Kier alpha value is -1.20. The van der Waals surface area contributed by atoms with Gasteiger partial charge >= 0.3 is 0 Å². The second-order valence-corrected chi connectivity index (χ2v) is 2.81. The minimum atomic E-state index is -2.52. The van der Waals surface area contributed by atoms with E-state index in [1.54, 1.807) is 0 Å². The Morgan fingerprint density at radius 2 is 2.08 bits per heavy atom. The molecule has 0 amide bonds. The summed E-state index contributed by atoms with van der Waals surface area (Å²) in [5.41, 5.74) is 0.459. The maximum Gasteiger partial charge on any atom is 0.279 e. The first kappa shape index (κ1) is 9.88. The minimum Gasteiger partial charge on any atom is -0.468 e. The highest BCUT2D eigenvalue weighted by atomic mass is 19.3. The summed E-state index contributed by atoms with van der Waals surface area (Å²) in [6.45, 7) is 3.00. The summed E-state index contributed by atoms with van der Waals surface area (Å²) < 4.78 is 32.6. The van der Waals surface area contributed by atoms with E-state index >= 15 is 0 Å². The fourth-order valence-electron chi connectivity index (χ4n) is 0.782. The topological polar surface area (TPSA) is 48.2 Å². The van der Waals surface area contributed by atoms with E-state index in [9.17, 15) is 8.78 Å². The average Bonchev–Trinajstić information content (AvgIpc) is 2.47. The van der Waals surface area contributed by atoms with Gasteiger partial charge in [-0.1, -0.05) is 19.0 Å². The SMILES string of the molecule is CC(C)c1nonc1OCC(F)F. The summed E-state index contributed by atoms with van der Waals surface area (Å²) in [7, 11) is 0. The van der Waals surface area contributed by atoms with Crippen molar-refractivity contribution in [2.45, 2.75) is 26.2 Å². The van der Waals surface area contributed by atoms with Gasteiger partial charge in [-0.25, -0.2) is 13.4 Å². The van der Waals surface area contributed by atoms with E-state index in [1.165, 1.54) is 0 Å². The van der Waals surface area contributed by atoms with Gasteiger partial charge in [0.1, 0.15) is 0 Å². The van der Waals surface area contributed by atoms with Crippen LogP contribution in [0.2, 0.25) is 0 Å². The molecule has 0 aliphatic rings. The summed E-state index contributed by atoms with van der Waals surface area (Å²) in [6.07, 6.45) is -2.52. The lowest BCUT2D eigenvalue weighted by atomic mass is 10.1. The van der Waals surface area contributed by atoms with Crippen LogP contribution >= 0.6 is 0 Å². The number of rotatable bonds is 4. The van der Waals surface area contributed by atoms with E-state index in [4.69, 9.17) is 0 Å². The van der Waals surface area contributed by atoms with Crippen molar-refractivity contribution in [2.24, 2.45) is 0 Å². The molecule has 0 unspecified atom stereocenters. The van der Waals surface area contributed by atoms with E-state index in [0.717, 1.165) is 0 Å². The molecule has 13 heavy (non-hydrogen) atoms. The fraction of sp³-hybridized carbons (Fsp3) is 0.714. The molecule has 6 heteroatoms. The number of nitrogens with zero attached hydrogens (tertiary/aromatic N) is 2. The highest BCUT2D eigenvalue weighted by Gasteiger charge is 2.16. The smallest absolute Gasteiger partial charge is 0.279 e.